The molecule has 1 saturated carbocycles. The lowest BCUT2D eigenvalue weighted by Crippen LogP contribution is -2.25. The van der Waals surface area contributed by atoms with E-state index < -0.39 is 0 Å². The molecule has 130 valence electrons. The molecule has 0 saturated heterocycles. The normalized spacial score (nSPS) is 15.3. The highest BCUT2D eigenvalue weighted by molar-refractivity contribution is 7.10. The van der Waals surface area contributed by atoms with Crippen LogP contribution in [0.15, 0.2) is 23.7 Å². The third-order valence-corrected chi connectivity index (χ3v) is 5.72. The lowest BCUT2D eigenvalue weighted by molar-refractivity contribution is -0.116. The summed E-state index contributed by atoms with van der Waals surface area (Å²) >= 11 is 1.78. The zero-order chi connectivity index (χ0) is 16.9. The van der Waals surface area contributed by atoms with Crippen LogP contribution < -0.4 is 5.32 Å². The Kier molecular flexibility index (Phi) is 5.68. The lowest BCUT2D eigenvalue weighted by Gasteiger charge is -2.17. The molecule has 24 heavy (non-hydrogen) atoms. The minimum atomic E-state index is 0.0597. The Labute approximate surface area is 147 Å². The molecule has 6 heteroatoms. The number of anilines is 1. The topological polar surface area (TPSA) is 50.2 Å². The molecule has 0 aliphatic heterocycles. The van der Waals surface area contributed by atoms with Crippen molar-refractivity contribution in [1.29, 1.82) is 0 Å². The molecule has 0 aromatic carbocycles. The van der Waals surface area contributed by atoms with Crippen LogP contribution in [0.3, 0.4) is 0 Å². The Morgan fingerprint density at radius 3 is 2.92 bits per heavy atom. The van der Waals surface area contributed by atoms with Gasteiger partial charge in [0.25, 0.3) is 0 Å². The predicted molar refractivity (Wildman–Crippen MR) is 98.4 cm³/mol. The minimum Gasteiger partial charge on any atom is -0.311 e. The van der Waals surface area contributed by atoms with Crippen molar-refractivity contribution < 1.29 is 4.79 Å². The lowest BCUT2D eigenvalue weighted by atomic mass is 10.2. The fourth-order valence-electron chi connectivity index (χ4n) is 3.24. The first-order chi connectivity index (χ1) is 11.6. The molecule has 0 radical (unpaired) electrons. The van der Waals surface area contributed by atoms with Gasteiger partial charge < -0.3 is 10.2 Å². The van der Waals surface area contributed by atoms with Gasteiger partial charge in [-0.15, -0.1) is 11.3 Å². The van der Waals surface area contributed by atoms with Gasteiger partial charge in [-0.05, 0) is 43.8 Å². The predicted octanol–water partition coefficient (Wildman–Crippen LogP) is 3.83. The molecular weight excluding hydrogens is 320 g/mol. The van der Waals surface area contributed by atoms with Gasteiger partial charge in [0.15, 0.2) is 0 Å². The second kappa shape index (κ2) is 7.94. The maximum atomic E-state index is 12.3. The molecule has 0 bridgehead atoms. The van der Waals surface area contributed by atoms with Crippen LogP contribution in [0.1, 0.15) is 48.6 Å². The largest absolute Gasteiger partial charge is 0.311 e. The summed E-state index contributed by atoms with van der Waals surface area (Å²) in [6.45, 7) is 3.79. The van der Waals surface area contributed by atoms with Gasteiger partial charge in [0.2, 0.25) is 5.91 Å². The van der Waals surface area contributed by atoms with E-state index >= 15 is 0 Å². The summed E-state index contributed by atoms with van der Waals surface area (Å²) in [5, 5.41) is 9.55. The number of aryl methyl sites for hydroxylation is 1. The van der Waals surface area contributed by atoms with Gasteiger partial charge in [-0.1, -0.05) is 12.8 Å². The first-order valence-electron chi connectivity index (χ1n) is 8.68. The van der Waals surface area contributed by atoms with Crippen LogP contribution in [0.2, 0.25) is 0 Å². The van der Waals surface area contributed by atoms with Crippen LogP contribution in [0, 0.1) is 6.92 Å². The fraction of sp³-hybridized carbons (Fsp3) is 0.556. The van der Waals surface area contributed by atoms with Crippen molar-refractivity contribution in [1.82, 2.24) is 14.7 Å². The second-order valence-corrected chi connectivity index (χ2v) is 7.66. The number of nitrogens with zero attached hydrogens (tertiary/aromatic N) is 3. The van der Waals surface area contributed by atoms with E-state index in [0.717, 1.165) is 31.7 Å². The smallest absolute Gasteiger partial charge is 0.226 e. The Hall–Kier alpha value is -1.66. The van der Waals surface area contributed by atoms with Crippen molar-refractivity contribution in [3.05, 3.63) is 34.2 Å². The summed E-state index contributed by atoms with van der Waals surface area (Å²) in [4.78, 5) is 15.8. The minimum absolute atomic E-state index is 0.0597. The number of carbonyl (C=O) groups excluding carboxylic acids is 1. The van der Waals surface area contributed by atoms with Crippen LogP contribution in [0.4, 0.5) is 5.82 Å². The molecule has 5 nitrogen and oxygen atoms in total. The maximum Gasteiger partial charge on any atom is 0.226 e. The fourth-order valence-corrected chi connectivity index (χ4v) is 4.23. The van der Waals surface area contributed by atoms with E-state index in [9.17, 15) is 4.79 Å². The summed E-state index contributed by atoms with van der Waals surface area (Å²) in [7, 11) is 2.06. The Balaban J connectivity index is 1.47. The monoisotopic (exact) mass is 346 g/mol. The van der Waals surface area contributed by atoms with Gasteiger partial charge >= 0.3 is 0 Å². The first kappa shape index (κ1) is 17.2. The van der Waals surface area contributed by atoms with E-state index in [1.165, 1.54) is 23.3 Å². The van der Waals surface area contributed by atoms with Crippen LogP contribution in [-0.4, -0.2) is 34.2 Å². The highest BCUT2D eigenvalue weighted by atomic mass is 32.1. The average molecular weight is 347 g/mol. The molecule has 1 amide bonds. The SMILES string of the molecule is Cc1ccsc1CN(C)CCC(=O)Nc1ccnn1C1CCCC1. The molecule has 1 N–H and O–H groups in total. The average Bonchev–Trinajstić information content (AvgIpc) is 3.28. The zero-order valence-electron chi connectivity index (χ0n) is 14.5. The number of nitrogens with one attached hydrogen (secondary N) is 1. The highest BCUT2D eigenvalue weighted by Gasteiger charge is 2.20. The van der Waals surface area contributed by atoms with E-state index in [4.69, 9.17) is 0 Å². The number of amides is 1. The van der Waals surface area contributed by atoms with Crippen LogP contribution in [-0.2, 0) is 11.3 Å². The summed E-state index contributed by atoms with van der Waals surface area (Å²) < 4.78 is 1.99. The van der Waals surface area contributed by atoms with E-state index in [1.807, 2.05) is 10.7 Å². The third-order valence-electron chi connectivity index (χ3n) is 4.71. The molecule has 0 unspecified atom stereocenters. The number of aromatic nitrogens is 2. The van der Waals surface area contributed by atoms with Crippen molar-refractivity contribution in [2.24, 2.45) is 0 Å². The molecule has 1 fully saturated rings. The molecule has 0 spiro atoms. The molecular formula is C18H26N4OS. The van der Waals surface area contributed by atoms with Gasteiger partial charge in [-0.3, -0.25) is 4.79 Å². The van der Waals surface area contributed by atoms with Gasteiger partial charge in [-0.2, -0.15) is 5.10 Å². The highest BCUT2D eigenvalue weighted by Crippen LogP contribution is 2.31. The van der Waals surface area contributed by atoms with E-state index in [2.05, 4.69) is 40.7 Å². The molecule has 2 aromatic rings. The van der Waals surface area contributed by atoms with Gasteiger partial charge in [0, 0.05) is 30.5 Å². The summed E-state index contributed by atoms with van der Waals surface area (Å²) in [5.41, 5.74) is 1.33. The van der Waals surface area contributed by atoms with Gasteiger partial charge in [-0.25, -0.2) is 4.68 Å². The summed E-state index contributed by atoms with van der Waals surface area (Å²) in [6, 6.07) is 4.49. The van der Waals surface area contributed by atoms with Gasteiger partial charge in [0.1, 0.15) is 5.82 Å². The van der Waals surface area contributed by atoms with Crippen molar-refractivity contribution in [3.63, 3.8) is 0 Å². The first-order valence-corrected chi connectivity index (χ1v) is 9.56. The molecule has 1 aliphatic rings. The van der Waals surface area contributed by atoms with Crippen LogP contribution >= 0.6 is 11.3 Å². The summed E-state index contributed by atoms with van der Waals surface area (Å²) in [6.07, 6.45) is 7.10. The quantitative estimate of drug-likeness (QED) is 0.829. The van der Waals surface area contributed by atoms with Crippen molar-refractivity contribution >= 4 is 23.1 Å². The Bertz CT molecular complexity index is 672. The second-order valence-electron chi connectivity index (χ2n) is 6.66. The molecule has 2 heterocycles. The molecule has 0 atom stereocenters. The molecule has 2 aromatic heterocycles. The van der Waals surface area contributed by atoms with Crippen molar-refractivity contribution in [3.8, 4) is 0 Å². The van der Waals surface area contributed by atoms with E-state index in [-0.39, 0.29) is 5.91 Å². The van der Waals surface area contributed by atoms with Gasteiger partial charge in [0.05, 0.1) is 12.2 Å². The van der Waals surface area contributed by atoms with E-state index in [0.29, 0.717) is 12.5 Å². The van der Waals surface area contributed by atoms with Crippen LogP contribution in [0.5, 0.6) is 0 Å². The van der Waals surface area contributed by atoms with Crippen LogP contribution in [0.25, 0.3) is 0 Å². The Morgan fingerprint density at radius 1 is 1.42 bits per heavy atom. The van der Waals surface area contributed by atoms with Crippen molar-refractivity contribution in [2.75, 3.05) is 18.9 Å². The number of rotatable bonds is 7. The number of thiophene rings is 1. The molecule has 3 rings (SSSR count). The maximum absolute atomic E-state index is 12.3. The molecule has 1 aliphatic carbocycles. The van der Waals surface area contributed by atoms with E-state index in [1.54, 1.807) is 17.5 Å². The number of hydrogen-bond donors (Lipinski definition) is 1. The number of hydrogen-bond acceptors (Lipinski definition) is 4. The standard InChI is InChI=1S/C18H26N4OS/c1-14-9-12-24-16(14)13-21(2)11-8-18(23)20-17-7-10-19-22(17)15-5-3-4-6-15/h7,9-10,12,15H,3-6,8,11,13H2,1-2H3,(H,20,23). The van der Waals surface area contributed by atoms with Crippen molar-refractivity contribution in [2.45, 2.75) is 51.6 Å². The summed E-state index contributed by atoms with van der Waals surface area (Å²) in [5.74, 6) is 0.896. The third kappa shape index (κ3) is 4.24. The Morgan fingerprint density at radius 2 is 2.21 bits per heavy atom. The number of carbonyl (C=O) groups is 1. The zero-order valence-corrected chi connectivity index (χ0v) is 15.3.